The zero-order chi connectivity index (χ0) is 30.5. The first kappa shape index (κ1) is 29.0. The van der Waals surface area contributed by atoms with Gasteiger partial charge in [-0.15, -0.1) is 0 Å². The number of halogens is 3. The molecule has 43 heavy (non-hydrogen) atoms. The topological polar surface area (TPSA) is 138 Å². The highest BCUT2D eigenvalue weighted by Gasteiger charge is 2.19. The number of carbonyl (C=O) groups excluding carboxylic acids is 1. The Bertz CT molecular complexity index is 1870. The SMILES string of the molecule is COCCn1c(Cc2nc(N)c(-c3cccc(OCc4ccc(C#N)cc4F)n3)cc2F)nc2ccc(C(=O)OF)cc21. The van der Waals surface area contributed by atoms with Gasteiger partial charge in [0.1, 0.15) is 29.9 Å². The molecule has 0 aliphatic heterocycles. The highest BCUT2D eigenvalue weighted by molar-refractivity contribution is 5.93. The highest BCUT2D eigenvalue weighted by atomic mass is 19.3. The van der Waals surface area contributed by atoms with E-state index in [2.05, 4.69) is 19.9 Å². The Morgan fingerprint density at radius 1 is 1.05 bits per heavy atom. The van der Waals surface area contributed by atoms with E-state index in [1.807, 2.05) is 6.07 Å². The number of imidazole rings is 1. The van der Waals surface area contributed by atoms with Gasteiger partial charge in [0.2, 0.25) is 5.88 Å². The Balaban J connectivity index is 1.40. The molecule has 0 bridgehead atoms. The molecule has 0 radical (unpaired) electrons. The van der Waals surface area contributed by atoms with Gasteiger partial charge in [-0.05, 0) is 42.5 Å². The first-order valence-corrected chi connectivity index (χ1v) is 12.9. The van der Waals surface area contributed by atoms with Gasteiger partial charge in [-0.25, -0.2) is 33.5 Å². The van der Waals surface area contributed by atoms with Crippen molar-refractivity contribution in [3.8, 4) is 23.2 Å². The van der Waals surface area contributed by atoms with E-state index in [0.29, 0.717) is 23.4 Å². The quantitative estimate of drug-likeness (QED) is 0.237. The van der Waals surface area contributed by atoms with E-state index in [0.717, 1.165) is 6.07 Å². The average Bonchev–Trinajstić information content (AvgIpc) is 3.36. The second-order valence-corrected chi connectivity index (χ2v) is 9.33. The van der Waals surface area contributed by atoms with E-state index >= 15 is 4.39 Å². The van der Waals surface area contributed by atoms with E-state index < -0.39 is 17.6 Å². The van der Waals surface area contributed by atoms with Gasteiger partial charge >= 0.3 is 5.97 Å². The van der Waals surface area contributed by atoms with Crippen LogP contribution in [0.25, 0.3) is 22.3 Å². The number of ether oxygens (including phenoxy) is 2. The molecular weight excluding hydrogens is 565 g/mol. The van der Waals surface area contributed by atoms with E-state index in [9.17, 15) is 13.7 Å². The van der Waals surface area contributed by atoms with Crippen LogP contribution in [0.15, 0.2) is 60.7 Å². The van der Waals surface area contributed by atoms with Gasteiger partial charge in [-0.2, -0.15) is 5.26 Å². The Hall–Kier alpha value is -5.48. The van der Waals surface area contributed by atoms with E-state index in [4.69, 9.17) is 20.5 Å². The largest absolute Gasteiger partial charge is 0.473 e. The van der Waals surface area contributed by atoms with Crippen LogP contribution in [0.1, 0.15) is 33.0 Å². The third kappa shape index (κ3) is 6.24. The normalized spacial score (nSPS) is 11.0. The van der Waals surface area contributed by atoms with E-state index in [-0.39, 0.29) is 65.0 Å². The number of hydrogen-bond donors (Lipinski definition) is 1. The maximum Gasteiger partial charge on any atom is 0.379 e. The van der Waals surface area contributed by atoms with Gasteiger partial charge in [0, 0.05) is 35.4 Å². The molecule has 10 nitrogen and oxygen atoms in total. The van der Waals surface area contributed by atoms with Gasteiger partial charge in [-0.1, -0.05) is 12.1 Å². The summed E-state index contributed by atoms with van der Waals surface area (Å²) in [5.41, 5.74) is 8.16. The molecular formula is C30H23F3N6O4. The number of nitrogens with zero attached hydrogens (tertiary/aromatic N) is 5. The number of hydrogen-bond acceptors (Lipinski definition) is 9. The first-order valence-electron chi connectivity index (χ1n) is 12.9. The lowest BCUT2D eigenvalue weighted by Gasteiger charge is -2.12. The zero-order valence-corrected chi connectivity index (χ0v) is 22.7. The van der Waals surface area contributed by atoms with Crippen molar-refractivity contribution in [2.24, 2.45) is 0 Å². The lowest BCUT2D eigenvalue weighted by Crippen LogP contribution is -2.11. The number of rotatable bonds is 10. The lowest BCUT2D eigenvalue weighted by molar-refractivity contribution is -0.0787. The lowest BCUT2D eigenvalue weighted by atomic mass is 10.1. The van der Waals surface area contributed by atoms with Crippen molar-refractivity contribution in [2.75, 3.05) is 19.5 Å². The monoisotopic (exact) mass is 588 g/mol. The van der Waals surface area contributed by atoms with Gasteiger partial charge in [0.15, 0.2) is 0 Å². The number of anilines is 1. The van der Waals surface area contributed by atoms with Crippen molar-refractivity contribution >= 4 is 22.8 Å². The van der Waals surface area contributed by atoms with Crippen LogP contribution in [0.3, 0.4) is 0 Å². The Labute approximate surface area is 243 Å². The second-order valence-electron chi connectivity index (χ2n) is 9.33. The molecule has 13 heteroatoms. The predicted octanol–water partition coefficient (Wildman–Crippen LogP) is 5.08. The molecule has 0 amide bonds. The van der Waals surface area contributed by atoms with Crippen LogP contribution in [-0.2, 0) is 29.3 Å². The van der Waals surface area contributed by atoms with Gasteiger partial charge in [-0.3, -0.25) is 0 Å². The molecule has 3 heterocycles. The molecule has 0 saturated heterocycles. The third-order valence-corrected chi connectivity index (χ3v) is 6.61. The molecule has 0 spiro atoms. The van der Waals surface area contributed by atoms with E-state index in [1.54, 1.807) is 22.8 Å². The van der Waals surface area contributed by atoms with Crippen LogP contribution < -0.4 is 10.5 Å². The number of carbonyl (C=O) groups is 1. The summed E-state index contributed by atoms with van der Waals surface area (Å²) < 4.78 is 54.7. The molecule has 3 aromatic heterocycles. The second kappa shape index (κ2) is 12.6. The molecule has 0 aliphatic carbocycles. The number of aromatic nitrogens is 4. The van der Waals surface area contributed by atoms with Crippen molar-refractivity contribution in [3.63, 3.8) is 0 Å². The van der Waals surface area contributed by atoms with Crippen LogP contribution in [0, 0.1) is 23.0 Å². The molecule has 2 aromatic carbocycles. The zero-order valence-electron chi connectivity index (χ0n) is 22.7. The minimum Gasteiger partial charge on any atom is -0.473 e. The van der Waals surface area contributed by atoms with Crippen LogP contribution in [0.2, 0.25) is 0 Å². The van der Waals surface area contributed by atoms with E-state index in [1.165, 1.54) is 43.5 Å². The average molecular weight is 589 g/mol. The Morgan fingerprint density at radius 2 is 1.88 bits per heavy atom. The molecule has 0 unspecified atom stereocenters. The summed E-state index contributed by atoms with van der Waals surface area (Å²) in [5, 5.41) is 8.91. The van der Waals surface area contributed by atoms with Crippen LogP contribution in [-0.4, -0.2) is 39.2 Å². The van der Waals surface area contributed by atoms with Crippen molar-refractivity contribution in [1.82, 2.24) is 19.5 Å². The molecule has 218 valence electrons. The minimum absolute atomic E-state index is 0.00622. The number of pyridine rings is 2. The third-order valence-electron chi connectivity index (χ3n) is 6.61. The summed E-state index contributed by atoms with van der Waals surface area (Å²) in [6.07, 6.45) is -0.0513. The number of nitrogen functional groups attached to an aromatic ring is 1. The first-order chi connectivity index (χ1) is 20.8. The van der Waals surface area contributed by atoms with Crippen molar-refractivity contribution in [2.45, 2.75) is 19.6 Å². The fourth-order valence-electron chi connectivity index (χ4n) is 4.46. The summed E-state index contributed by atoms with van der Waals surface area (Å²) in [6, 6.07) is 16.3. The van der Waals surface area contributed by atoms with Crippen LogP contribution >= 0.6 is 0 Å². The summed E-state index contributed by atoms with van der Waals surface area (Å²) in [7, 11) is 1.52. The Kier molecular flexibility index (Phi) is 8.49. The maximum atomic E-state index is 15.4. The molecule has 0 aliphatic rings. The summed E-state index contributed by atoms with van der Waals surface area (Å²) in [5.74, 6) is -1.83. The highest BCUT2D eigenvalue weighted by Crippen LogP contribution is 2.28. The van der Waals surface area contributed by atoms with Crippen LogP contribution in [0.4, 0.5) is 19.1 Å². The van der Waals surface area contributed by atoms with Crippen molar-refractivity contribution in [3.05, 3.63) is 101 Å². The number of fused-ring (bicyclic) bond motifs is 1. The molecule has 0 fully saturated rings. The smallest absolute Gasteiger partial charge is 0.379 e. The number of nitriles is 1. The molecule has 5 aromatic rings. The molecule has 5 rings (SSSR count). The van der Waals surface area contributed by atoms with Gasteiger partial charge in [0.25, 0.3) is 0 Å². The molecule has 0 saturated carbocycles. The Morgan fingerprint density at radius 3 is 2.63 bits per heavy atom. The molecule has 2 N–H and O–H groups in total. The predicted molar refractivity (Wildman–Crippen MR) is 148 cm³/mol. The number of nitrogens with two attached hydrogens (primary N) is 1. The fourth-order valence-corrected chi connectivity index (χ4v) is 4.46. The van der Waals surface area contributed by atoms with Crippen molar-refractivity contribution < 1.29 is 32.5 Å². The van der Waals surface area contributed by atoms with Crippen LogP contribution in [0.5, 0.6) is 5.88 Å². The summed E-state index contributed by atoms with van der Waals surface area (Å²) >= 11 is 0. The number of methoxy groups -OCH3 is 1. The number of benzene rings is 2. The minimum atomic E-state index is -1.15. The standard InChI is InChI=1S/C30H23F3N6O4/c1-41-10-9-39-26-12-18(30(40)43-33)7-8-24(26)36-27(39)14-25-22(32)13-20(29(35)38-25)23-3-2-4-28(37-23)42-16-19-6-5-17(15-34)11-21(19)31/h2-8,11-13H,9-10,14,16H2,1H3,(H2,35,38). The van der Waals surface area contributed by atoms with Gasteiger partial charge in [0.05, 0.1) is 52.6 Å². The molecule has 0 atom stereocenters. The van der Waals surface area contributed by atoms with Gasteiger partial charge < -0.3 is 19.8 Å². The fraction of sp³-hybridized carbons (Fsp3) is 0.167. The van der Waals surface area contributed by atoms with Crippen molar-refractivity contribution in [1.29, 1.82) is 5.26 Å². The summed E-state index contributed by atoms with van der Waals surface area (Å²) in [6.45, 7) is 0.458. The maximum absolute atomic E-state index is 15.4. The summed E-state index contributed by atoms with van der Waals surface area (Å²) in [4.78, 5) is 28.2.